The summed E-state index contributed by atoms with van der Waals surface area (Å²) in [5, 5.41) is 3.21. The molecule has 3 nitrogen and oxygen atoms in total. The third-order valence-electron chi connectivity index (χ3n) is 2.18. The molecule has 0 amide bonds. The van der Waals surface area contributed by atoms with E-state index in [4.69, 9.17) is 9.47 Å². The number of rotatable bonds is 8. The van der Waals surface area contributed by atoms with Crippen molar-refractivity contribution < 1.29 is 9.47 Å². The molecular weight excluding hydrogens is 190 g/mol. The maximum Gasteiger partial charge on any atom is 0.0707 e. The van der Waals surface area contributed by atoms with Gasteiger partial charge in [-0.05, 0) is 47.6 Å². The van der Waals surface area contributed by atoms with E-state index in [0.29, 0.717) is 19.3 Å². The predicted octanol–water partition coefficient (Wildman–Crippen LogP) is 2.21. The molecule has 0 saturated carbocycles. The number of hydrogen-bond acceptors (Lipinski definition) is 3. The lowest BCUT2D eigenvalue weighted by Gasteiger charge is -2.19. The zero-order valence-electron chi connectivity index (χ0n) is 10.9. The first-order valence-corrected chi connectivity index (χ1v) is 5.84. The van der Waals surface area contributed by atoms with Gasteiger partial charge in [-0.2, -0.15) is 0 Å². The van der Waals surface area contributed by atoms with E-state index in [1.165, 1.54) is 0 Å². The van der Waals surface area contributed by atoms with Crippen LogP contribution in [0.2, 0.25) is 0 Å². The van der Waals surface area contributed by atoms with Crippen molar-refractivity contribution in [3.05, 3.63) is 0 Å². The van der Waals surface area contributed by atoms with Gasteiger partial charge in [-0.15, -0.1) is 0 Å². The monoisotopic (exact) mass is 217 g/mol. The van der Waals surface area contributed by atoms with Crippen LogP contribution >= 0.6 is 0 Å². The summed E-state index contributed by atoms with van der Waals surface area (Å²) >= 11 is 0. The molecule has 0 bridgehead atoms. The highest BCUT2D eigenvalue weighted by Gasteiger charge is 2.08. The third kappa shape index (κ3) is 11.8. The molecule has 0 fully saturated rings. The molecule has 0 aromatic rings. The molecule has 0 spiro atoms. The smallest absolute Gasteiger partial charge is 0.0707 e. The third-order valence-corrected chi connectivity index (χ3v) is 2.18. The van der Waals surface area contributed by atoms with Gasteiger partial charge < -0.3 is 14.8 Å². The van der Waals surface area contributed by atoms with Gasteiger partial charge in [0, 0.05) is 12.6 Å². The molecule has 0 aliphatic rings. The first kappa shape index (κ1) is 14.9. The number of hydrogen-bond donors (Lipinski definition) is 1. The molecule has 0 heterocycles. The Labute approximate surface area is 94.5 Å². The Bertz CT molecular complexity index is 143. The number of ether oxygens (including phenoxy) is 2. The van der Waals surface area contributed by atoms with E-state index in [9.17, 15) is 0 Å². The molecule has 0 radical (unpaired) electrons. The van der Waals surface area contributed by atoms with Gasteiger partial charge in [-0.25, -0.2) is 0 Å². The fourth-order valence-corrected chi connectivity index (χ4v) is 1.14. The SMILES string of the molecule is CNC(C)CCCOCCOC(C)(C)C. The average Bonchev–Trinajstić information content (AvgIpc) is 2.14. The second kappa shape index (κ2) is 8.08. The van der Waals surface area contributed by atoms with E-state index in [1.54, 1.807) is 0 Å². The van der Waals surface area contributed by atoms with Crippen LogP contribution in [0, 0.1) is 0 Å². The quantitative estimate of drug-likeness (QED) is 0.632. The molecular formula is C12H27NO2. The van der Waals surface area contributed by atoms with Gasteiger partial charge in [0.05, 0.1) is 18.8 Å². The zero-order valence-corrected chi connectivity index (χ0v) is 10.9. The standard InChI is InChI=1S/C12H27NO2/c1-11(13-5)7-6-8-14-9-10-15-12(2,3)4/h11,13H,6-10H2,1-5H3. The van der Waals surface area contributed by atoms with Gasteiger partial charge in [-0.1, -0.05) is 0 Å². The lowest BCUT2D eigenvalue weighted by atomic mass is 10.2. The highest BCUT2D eigenvalue weighted by Crippen LogP contribution is 2.05. The molecule has 0 aliphatic carbocycles. The Morgan fingerprint density at radius 3 is 2.33 bits per heavy atom. The molecule has 1 N–H and O–H groups in total. The fourth-order valence-electron chi connectivity index (χ4n) is 1.14. The van der Waals surface area contributed by atoms with E-state index in [1.807, 2.05) is 7.05 Å². The van der Waals surface area contributed by atoms with Gasteiger partial charge in [-0.3, -0.25) is 0 Å². The Morgan fingerprint density at radius 1 is 1.13 bits per heavy atom. The minimum atomic E-state index is -0.0516. The van der Waals surface area contributed by atoms with Crippen molar-refractivity contribution in [2.24, 2.45) is 0 Å². The summed E-state index contributed by atoms with van der Waals surface area (Å²) in [7, 11) is 1.99. The first-order valence-electron chi connectivity index (χ1n) is 5.84. The van der Waals surface area contributed by atoms with Crippen LogP contribution < -0.4 is 5.32 Å². The molecule has 1 atom stereocenters. The zero-order chi connectivity index (χ0) is 11.7. The van der Waals surface area contributed by atoms with Crippen LogP contribution in [0.4, 0.5) is 0 Å². The second-order valence-electron chi connectivity index (χ2n) is 4.91. The molecule has 1 unspecified atom stereocenters. The highest BCUT2D eigenvalue weighted by molar-refractivity contribution is 4.58. The fraction of sp³-hybridized carbons (Fsp3) is 1.00. The Hall–Kier alpha value is -0.120. The van der Waals surface area contributed by atoms with E-state index < -0.39 is 0 Å². The highest BCUT2D eigenvalue weighted by atomic mass is 16.5. The maximum absolute atomic E-state index is 5.54. The summed E-state index contributed by atoms with van der Waals surface area (Å²) in [5.41, 5.74) is -0.0516. The summed E-state index contributed by atoms with van der Waals surface area (Å²) < 4.78 is 11.0. The van der Waals surface area contributed by atoms with Crippen LogP contribution in [0.3, 0.4) is 0 Å². The summed E-state index contributed by atoms with van der Waals surface area (Å²) in [6.45, 7) is 10.6. The van der Waals surface area contributed by atoms with Crippen LogP contribution in [0.1, 0.15) is 40.5 Å². The summed E-state index contributed by atoms with van der Waals surface area (Å²) in [6, 6.07) is 0.583. The maximum atomic E-state index is 5.54. The van der Waals surface area contributed by atoms with Crippen LogP contribution in [0.5, 0.6) is 0 Å². The lowest BCUT2D eigenvalue weighted by molar-refractivity contribution is -0.0352. The largest absolute Gasteiger partial charge is 0.379 e. The second-order valence-corrected chi connectivity index (χ2v) is 4.91. The molecule has 3 heteroatoms. The van der Waals surface area contributed by atoms with Crippen molar-refractivity contribution in [2.45, 2.75) is 52.2 Å². The van der Waals surface area contributed by atoms with Crippen LogP contribution in [0.15, 0.2) is 0 Å². The number of nitrogens with one attached hydrogen (secondary N) is 1. The summed E-state index contributed by atoms with van der Waals surface area (Å²) in [5.74, 6) is 0. The first-order chi connectivity index (χ1) is 6.95. The Kier molecular flexibility index (Phi) is 8.02. The van der Waals surface area contributed by atoms with Crippen molar-refractivity contribution in [1.29, 1.82) is 0 Å². The topological polar surface area (TPSA) is 30.5 Å². The van der Waals surface area contributed by atoms with E-state index in [-0.39, 0.29) is 5.60 Å². The molecule has 0 aromatic carbocycles. The minimum Gasteiger partial charge on any atom is -0.379 e. The van der Waals surface area contributed by atoms with Crippen molar-refractivity contribution in [2.75, 3.05) is 26.9 Å². The van der Waals surface area contributed by atoms with E-state index >= 15 is 0 Å². The molecule has 0 rings (SSSR count). The predicted molar refractivity (Wildman–Crippen MR) is 64.3 cm³/mol. The van der Waals surface area contributed by atoms with Gasteiger partial charge >= 0.3 is 0 Å². The minimum absolute atomic E-state index is 0.0516. The van der Waals surface area contributed by atoms with Gasteiger partial charge in [0.25, 0.3) is 0 Å². The van der Waals surface area contributed by atoms with Crippen molar-refractivity contribution in [3.8, 4) is 0 Å². The van der Waals surface area contributed by atoms with E-state index in [0.717, 1.165) is 19.4 Å². The average molecular weight is 217 g/mol. The van der Waals surface area contributed by atoms with Crippen LogP contribution in [-0.2, 0) is 9.47 Å². The van der Waals surface area contributed by atoms with Crippen molar-refractivity contribution >= 4 is 0 Å². The molecule has 92 valence electrons. The van der Waals surface area contributed by atoms with Gasteiger partial charge in [0.2, 0.25) is 0 Å². The van der Waals surface area contributed by atoms with E-state index in [2.05, 4.69) is 33.0 Å². The Balaban J connectivity index is 3.12. The summed E-state index contributed by atoms with van der Waals surface area (Å²) in [6.07, 6.45) is 2.27. The van der Waals surface area contributed by atoms with Crippen LogP contribution in [-0.4, -0.2) is 38.5 Å². The van der Waals surface area contributed by atoms with Crippen LogP contribution in [0.25, 0.3) is 0 Å². The van der Waals surface area contributed by atoms with Gasteiger partial charge in [0.15, 0.2) is 0 Å². The van der Waals surface area contributed by atoms with Crippen molar-refractivity contribution in [1.82, 2.24) is 5.32 Å². The lowest BCUT2D eigenvalue weighted by Crippen LogP contribution is -2.23. The molecule has 0 aromatic heterocycles. The van der Waals surface area contributed by atoms with Crippen molar-refractivity contribution in [3.63, 3.8) is 0 Å². The molecule has 0 saturated heterocycles. The Morgan fingerprint density at radius 2 is 1.80 bits per heavy atom. The summed E-state index contributed by atoms with van der Waals surface area (Å²) in [4.78, 5) is 0. The van der Waals surface area contributed by atoms with Gasteiger partial charge in [0.1, 0.15) is 0 Å². The molecule has 15 heavy (non-hydrogen) atoms. The molecule has 0 aliphatic heterocycles. The normalized spacial score (nSPS) is 14.2.